The van der Waals surface area contributed by atoms with Crippen molar-refractivity contribution in [2.24, 2.45) is 0 Å². The van der Waals surface area contributed by atoms with E-state index in [2.05, 4.69) is 9.88 Å². The van der Waals surface area contributed by atoms with Crippen LogP contribution in [0.3, 0.4) is 0 Å². The number of aromatic nitrogens is 1. The topological polar surface area (TPSA) is 36.4 Å². The lowest BCUT2D eigenvalue weighted by atomic mass is 10.2. The van der Waals surface area contributed by atoms with E-state index in [0.29, 0.717) is 29.9 Å². The highest BCUT2D eigenvalue weighted by Crippen LogP contribution is 2.27. The third kappa shape index (κ3) is 4.93. The van der Waals surface area contributed by atoms with Crippen LogP contribution < -0.4 is 0 Å². The Kier molecular flexibility index (Phi) is 6.45. The Labute approximate surface area is 160 Å². The van der Waals surface area contributed by atoms with Crippen molar-refractivity contribution in [3.05, 3.63) is 58.7 Å². The third-order valence-electron chi connectivity index (χ3n) is 4.18. The van der Waals surface area contributed by atoms with Gasteiger partial charge < -0.3 is 4.90 Å². The van der Waals surface area contributed by atoms with Crippen molar-refractivity contribution in [3.63, 3.8) is 0 Å². The first-order valence-corrected chi connectivity index (χ1v) is 9.44. The van der Waals surface area contributed by atoms with Crippen LogP contribution in [0.15, 0.2) is 47.6 Å². The molecule has 1 fully saturated rings. The van der Waals surface area contributed by atoms with Gasteiger partial charge in [-0.25, -0.2) is 4.98 Å². The molecule has 2 heterocycles. The van der Waals surface area contributed by atoms with Gasteiger partial charge in [0.05, 0.1) is 5.56 Å². The van der Waals surface area contributed by atoms with Crippen LogP contribution in [0.5, 0.6) is 0 Å². The minimum absolute atomic E-state index is 0.0797. The fourth-order valence-electron chi connectivity index (χ4n) is 2.86. The highest BCUT2D eigenvalue weighted by atomic mass is 35.5. The van der Waals surface area contributed by atoms with E-state index in [4.69, 9.17) is 11.6 Å². The summed E-state index contributed by atoms with van der Waals surface area (Å²) in [7, 11) is 0. The monoisotopic (exact) mass is 397 g/mol. The maximum absolute atomic E-state index is 12.7. The van der Waals surface area contributed by atoms with E-state index in [0.717, 1.165) is 25.2 Å². The smallest absolute Gasteiger partial charge is 0.290 e. The summed E-state index contributed by atoms with van der Waals surface area (Å²) in [6, 6.07) is 10.9. The molecule has 0 radical (unpaired) electrons. The number of piperazine rings is 1. The van der Waals surface area contributed by atoms with E-state index in [1.54, 1.807) is 17.0 Å². The summed E-state index contributed by atoms with van der Waals surface area (Å²) in [5.74, 6) is -2.85. The molecule has 0 spiro atoms. The molecule has 2 aromatic rings. The van der Waals surface area contributed by atoms with Crippen molar-refractivity contribution in [2.75, 3.05) is 26.2 Å². The van der Waals surface area contributed by atoms with Gasteiger partial charge in [0.15, 0.2) is 0 Å². The van der Waals surface area contributed by atoms with Crippen LogP contribution in [0.2, 0.25) is 5.02 Å². The molecular formula is C18H18ClF2N3OS. The maximum Gasteiger partial charge on any atom is 0.290 e. The van der Waals surface area contributed by atoms with Crippen molar-refractivity contribution in [1.82, 2.24) is 14.8 Å². The molecule has 1 amide bonds. The van der Waals surface area contributed by atoms with Crippen molar-refractivity contribution in [3.8, 4) is 0 Å². The Balaban J connectivity index is 1.59. The molecule has 0 unspecified atom stereocenters. The van der Waals surface area contributed by atoms with E-state index < -0.39 is 5.76 Å². The fraction of sp³-hybridized carbons (Fsp3) is 0.333. The summed E-state index contributed by atoms with van der Waals surface area (Å²) in [4.78, 5) is 20.6. The number of carbonyl (C=O) groups is 1. The Morgan fingerprint density at radius 3 is 2.50 bits per heavy atom. The van der Waals surface area contributed by atoms with Gasteiger partial charge in [-0.05, 0) is 41.6 Å². The minimum atomic E-state index is -2.60. The molecule has 3 rings (SSSR count). The second kappa shape index (κ2) is 8.79. The first-order chi connectivity index (χ1) is 12.5. The second-order valence-electron chi connectivity index (χ2n) is 5.93. The minimum Gasteiger partial charge on any atom is -0.336 e. The van der Waals surface area contributed by atoms with Gasteiger partial charge in [0, 0.05) is 43.9 Å². The number of amides is 1. The number of carbonyl (C=O) groups excluding carboxylic acids is 1. The largest absolute Gasteiger partial charge is 0.336 e. The van der Waals surface area contributed by atoms with E-state index >= 15 is 0 Å². The molecule has 8 heteroatoms. The summed E-state index contributed by atoms with van der Waals surface area (Å²) in [6.07, 6.45) is 1.42. The first-order valence-electron chi connectivity index (χ1n) is 8.19. The van der Waals surface area contributed by atoms with Crippen LogP contribution in [0, 0.1) is 0 Å². The van der Waals surface area contributed by atoms with Crippen LogP contribution >= 0.6 is 23.4 Å². The number of benzene rings is 1. The normalized spacial score (nSPS) is 15.5. The number of hydrogen-bond donors (Lipinski definition) is 0. The number of alkyl halides is 2. The second-order valence-corrected chi connectivity index (χ2v) is 7.34. The average molecular weight is 398 g/mol. The van der Waals surface area contributed by atoms with Crippen LogP contribution in [0.1, 0.15) is 15.9 Å². The molecule has 1 saturated heterocycles. The summed E-state index contributed by atoms with van der Waals surface area (Å²) < 4.78 is 25.3. The quantitative estimate of drug-likeness (QED) is 0.714. The maximum atomic E-state index is 12.7. The summed E-state index contributed by atoms with van der Waals surface area (Å²) in [5, 5.41) is 0.786. The number of nitrogens with zero attached hydrogens (tertiary/aromatic N) is 3. The lowest BCUT2D eigenvalue weighted by molar-refractivity contribution is 0.0624. The van der Waals surface area contributed by atoms with Gasteiger partial charge in [-0.2, -0.15) is 8.78 Å². The number of pyridine rings is 1. The standard InChI is InChI=1S/C18H18ClF2N3OS/c19-14-5-3-13(4-6-14)12-23-8-10-24(11-9-23)17(25)15-2-1-7-22-16(15)26-18(20)21/h1-7,18H,8-12H2. The first kappa shape index (κ1) is 19.1. The molecule has 138 valence electrons. The van der Waals surface area contributed by atoms with Crippen molar-refractivity contribution in [2.45, 2.75) is 17.3 Å². The van der Waals surface area contributed by atoms with Gasteiger partial charge in [-0.15, -0.1) is 0 Å². The lowest BCUT2D eigenvalue weighted by Gasteiger charge is -2.35. The molecule has 1 aromatic heterocycles. The molecule has 0 bridgehead atoms. The summed E-state index contributed by atoms with van der Waals surface area (Å²) in [5.41, 5.74) is 1.40. The van der Waals surface area contributed by atoms with E-state index in [1.807, 2.05) is 24.3 Å². The van der Waals surface area contributed by atoms with Gasteiger partial charge in [-0.3, -0.25) is 9.69 Å². The number of halogens is 3. The van der Waals surface area contributed by atoms with Crippen LogP contribution in [0.4, 0.5) is 8.78 Å². The molecule has 0 aliphatic carbocycles. The van der Waals surface area contributed by atoms with E-state index in [9.17, 15) is 13.6 Å². The van der Waals surface area contributed by atoms with Gasteiger partial charge in [0.1, 0.15) is 5.03 Å². The predicted octanol–water partition coefficient (Wildman–Crippen LogP) is 4.01. The highest BCUT2D eigenvalue weighted by molar-refractivity contribution is 7.99. The van der Waals surface area contributed by atoms with Crippen molar-refractivity contribution >= 4 is 29.3 Å². The van der Waals surface area contributed by atoms with Gasteiger partial charge >= 0.3 is 0 Å². The van der Waals surface area contributed by atoms with Crippen molar-refractivity contribution in [1.29, 1.82) is 0 Å². The van der Waals surface area contributed by atoms with Crippen LogP contribution in [0.25, 0.3) is 0 Å². The zero-order valence-corrected chi connectivity index (χ0v) is 15.5. The molecular weight excluding hydrogens is 380 g/mol. The summed E-state index contributed by atoms with van der Waals surface area (Å²) in [6.45, 7) is 3.36. The molecule has 0 atom stereocenters. The van der Waals surface area contributed by atoms with Gasteiger partial charge in [0.2, 0.25) is 0 Å². The molecule has 1 aliphatic heterocycles. The number of hydrogen-bond acceptors (Lipinski definition) is 4. The number of thioether (sulfide) groups is 1. The molecule has 4 nitrogen and oxygen atoms in total. The fourth-order valence-corrected chi connectivity index (χ4v) is 3.56. The Bertz CT molecular complexity index is 752. The molecule has 0 N–H and O–H groups in total. The molecule has 0 saturated carbocycles. The van der Waals surface area contributed by atoms with E-state index in [1.165, 1.54) is 6.20 Å². The zero-order valence-electron chi connectivity index (χ0n) is 13.9. The highest BCUT2D eigenvalue weighted by Gasteiger charge is 2.25. The summed E-state index contributed by atoms with van der Waals surface area (Å²) >= 11 is 6.21. The van der Waals surface area contributed by atoms with Crippen LogP contribution in [-0.4, -0.2) is 52.6 Å². The SMILES string of the molecule is O=C(c1cccnc1SC(F)F)N1CCN(Cc2ccc(Cl)cc2)CC1. The Morgan fingerprint density at radius 1 is 1.15 bits per heavy atom. The number of rotatable bonds is 5. The molecule has 26 heavy (non-hydrogen) atoms. The zero-order chi connectivity index (χ0) is 18.5. The van der Waals surface area contributed by atoms with Crippen molar-refractivity contribution < 1.29 is 13.6 Å². The Morgan fingerprint density at radius 2 is 1.85 bits per heavy atom. The predicted molar refractivity (Wildman–Crippen MR) is 98.7 cm³/mol. The van der Waals surface area contributed by atoms with Crippen LogP contribution in [-0.2, 0) is 6.54 Å². The Hall–Kier alpha value is -1.70. The molecule has 1 aliphatic rings. The lowest BCUT2D eigenvalue weighted by Crippen LogP contribution is -2.48. The van der Waals surface area contributed by atoms with Gasteiger partial charge in [0.25, 0.3) is 11.7 Å². The van der Waals surface area contributed by atoms with Gasteiger partial charge in [-0.1, -0.05) is 23.7 Å². The molecule has 1 aromatic carbocycles. The third-order valence-corrected chi connectivity index (χ3v) is 5.16. The van der Waals surface area contributed by atoms with E-state index in [-0.39, 0.29) is 16.5 Å². The average Bonchev–Trinajstić information content (AvgIpc) is 2.64.